The van der Waals surface area contributed by atoms with Gasteiger partial charge in [-0.1, -0.05) is 30.3 Å². The summed E-state index contributed by atoms with van der Waals surface area (Å²) in [5.74, 6) is -1.20. The molecule has 27 heavy (non-hydrogen) atoms. The van der Waals surface area contributed by atoms with Gasteiger partial charge in [-0.25, -0.2) is 4.79 Å². The molecule has 0 bridgehead atoms. The molecule has 0 fully saturated rings. The van der Waals surface area contributed by atoms with Crippen LogP contribution in [0.25, 0.3) is 0 Å². The number of nitrogens with zero attached hydrogens (tertiary/aromatic N) is 2. The molecule has 2 aromatic rings. The number of amides is 1. The summed E-state index contributed by atoms with van der Waals surface area (Å²) in [5, 5.41) is 11.0. The van der Waals surface area contributed by atoms with Gasteiger partial charge in [0, 0.05) is 24.7 Å². The predicted octanol–water partition coefficient (Wildman–Crippen LogP) is 2.94. The molecule has 0 heterocycles. The van der Waals surface area contributed by atoms with Crippen molar-refractivity contribution in [3.63, 3.8) is 0 Å². The van der Waals surface area contributed by atoms with Crippen LogP contribution in [0.3, 0.4) is 0 Å². The number of nitrogens with two attached hydrogens (primary N) is 1. The summed E-state index contributed by atoms with van der Waals surface area (Å²) in [6, 6.07) is 12.3. The van der Waals surface area contributed by atoms with Crippen LogP contribution in [0.5, 0.6) is 0 Å². The Kier molecular flexibility index (Phi) is 6.48. The largest absolute Gasteiger partial charge is 0.444 e. The second kappa shape index (κ2) is 8.79. The van der Waals surface area contributed by atoms with E-state index < -0.39 is 22.7 Å². The Bertz CT molecular complexity index is 834. The molecule has 1 amide bonds. The van der Waals surface area contributed by atoms with Crippen LogP contribution in [-0.2, 0) is 9.53 Å². The maximum Gasteiger partial charge on any atom is 0.339 e. The lowest BCUT2D eigenvalue weighted by Gasteiger charge is -2.25. The van der Waals surface area contributed by atoms with Gasteiger partial charge < -0.3 is 15.4 Å². The second-order valence-corrected chi connectivity index (χ2v) is 5.74. The van der Waals surface area contributed by atoms with E-state index in [1.54, 1.807) is 35.2 Å². The zero-order valence-electron chi connectivity index (χ0n) is 15.1. The summed E-state index contributed by atoms with van der Waals surface area (Å²) in [4.78, 5) is 37.3. The van der Waals surface area contributed by atoms with Crippen molar-refractivity contribution < 1.29 is 19.2 Å². The van der Waals surface area contributed by atoms with Crippen LogP contribution in [-0.4, -0.2) is 34.8 Å². The molecule has 0 aliphatic rings. The van der Waals surface area contributed by atoms with E-state index >= 15 is 0 Å². The van der Waals surface area contributed by atoms with E-state index in [1.807, 2.05) is 13.8 Å². The van der Waals surface area contributed by atoms with Gasteiger partial charge in [0.1, 0.15) is 5.69 Å². The average molecular weight is 371 g/mol. The summed E-state index contributed by atoms with van der Waals surface area (Å²) in [7, 11) is 0. The monoisotopic (exact) mass is 371 g/mol. The lowest BCUT2D eigenvalue weighted by molar-refractivity contribution is -0.383. The highest BCUT2D eigenvalue weighted by molar-refractivity contribution is 5.94. The van der Waals surface area contributed by atoms with Crippen LogP contribution < -0.4 is 5.73 Å². The lowest BCUT2D eigenvalue weighted by atomic mass is 10.1. The van der Waals surface area contributed by atoms with Gasteiger partial charge in [-0.2, -0.15) is 0 Å². The van der Waals surface area contributed by atoms with Crippen LogP contribution in [0.4, 0.5) is 11.4 Å². The van der Waals surface area contributed by atoms with Gasteiger partial charge in [0.05, 0.1) is 10.5 Å². The maximum atomic E-state index is 12.8. The summed E-state index contributed by atoms with van der Waals surface area (Å²) in [6.07, 6.45) is -1.14. The number of hydrogen-bond donors (Lipinski definition) is 1. The third-order valence-electron chi connectivity index (χ3n) is 4.09. The first-order valence-corrected chi connectivity index (χ1v) is 8.47. The van der Waals surface area contributed by atoms with Crippen molar-refractivity contribution in [1.82, 2.24) is 4.90 Å². The summed E-state index contributed by atoms with van der Waals surface area (Å²) in [5.41, 5.74) is 5.57. The van der Waals surface area contributed by atoms with Crippen LogP contribution >= 0.6 is 0 Å². The number of esters is 1. The molecule has 0 aromatic heterocycles. The fraction of sp³-hybridized carbons (Fsp3) is 0.263. The molecule has 0 saturated carbocycles. The molecule has 0 unspecified atom stereocenters. The topological polar surface area (TPSA) is 116 Å². The molecule has 2 rings (SSSR count). The highest BCUT2D eigenvalue weighted by Gasteiger charge is 2.29. The number of anilines is 1. The molecule has 0 aliphatic carbocycles. The van der Waals surface area contributed by atoms with E-state index in [0.717, 1.165) is 6.07 Å². The summed E-state index contributed by atoms with van der Waals surface area (Å²) >= 11 is 0. The van der Waals surface area contributed by atoms with Crippen molar-refractivity contribution >= 4 is 23.3 Å². The molecule has 0 spiro atoms. The first-order chi connectivity index (χ1) is 12.9. The maximum absolute atomic E-state index is 12.8. The van der Waals surface area contributed by atoms with E-state index in [0.29, 0.717) is 18.7 Å². The minimum atomic E-state index is -1.14. The van der Waals surface area contributed by atoms with Crippen LogP contribution in [0.15, 0.2) is 48.5 Å². The zero-order valence-corrected chi connectivity index (χ0v) is 15.1. The first-order valence-electron chi connectivity index (χ1n) is 8.47. The number of ether oxygens (including phenoxy) is 1. The zero-order chi connectivity index (χ0) is 20.0. The Labute approximate surface area is 156 Å². The van der Waals surface area contributed by atoms with Crippen LogP contribution in [0.2, 0.25) is 0 Å². The van der Waals surface area contributed by atoms with Crippen molar-refractivity contribution in [2.45, 2.75) is 20.0 Å². The molecule has 8 nitrogen and oxygen atoms in total. The molecule has 142 valence electrons. The Balaban J connectivity index is 2.35. The highest BCUT2D eigenvalue weighted by Crippen LogP contribution is 2.26. The normalized spacial score (nSPS) is 11.5. The highest BCUT2D eigenvalue weighted by atomic mass is 16.6. The van der Waals surface area contributed by atoms with Crippen molar-refractivity contribution in [2.75, 3.05) is 18.8 Å². The van der Waals surface area contributed by atoms with Gasteiger partial charge in [-0.15, -0.1) is 0 Å². The number of nitro groups is 1. The number of nitrogen functional groups attached to an aromatic ring is 1. The number of carbonyl (C=O) groups excluding carboxylic acids is 2. The Morgan fingerprint density at radius 1 is 1.15 bits per heavy atom. The SMILES string of the molecule is CCN(CC)C(=O)[C@@H](OC(=O)c1ccc(N)c([N+](=O)[O-])c1)c1ccccc1. The Hall–Kier alpha value is -3.42. The lowest BCUT2D eigenvalue weighted by Crippen LogP contribution is -2.36. The van der Waals surface area contributed by atoms with Gasteiger partial charge >= 0.3 is 5.97 Å². The molecule has 2 N–H and O–H groups in total. The average Bonchev–Trinajstić information content (AvgIpc) is 2.67. The summed E-state index contributed by atoms with van der Waals surface area (Å²) < 4.78 is 5.45. The minimum absolute atomic E-state index is 0.0517. The smallest absolute Gasteiger partial charge is 0.339 e. The predicted molar refractivity (Wildman–Crippen MR) is 100 cm³/mol. The fourth-order valence-electron chi connectivity index (χ4n) is 2.59. The van der Waals surface area contributed by atoms with Crippen molar-refractivity contribution in [1.29, 1.82) is 0 Å². The molecule has 0 radical (unpaired) electrons. The number of likely N-dealkylation sites (N-methyl/N-ethyl adjacent to an activating group) is 1. The molecule has 0 saturated heterocycles. The Morgan fingerprint density at radius 3 is 2.33 bits per heavy atom. The number of rotatable bonds is 7. The van der Waals surface area contributed by atoms with E-state index in [2.05, 4.69) is 0 Å². The fourth-order valence-corrected chi connectivity index (χ4v) is 2.59. The van der Waals surface area contributed by atoms with Gasteiger partial charge in [0.25, 0.3) is 11.6 Å². The van der Waals surface area contributed by atoms with Crippen molar-refractivity contribution in [2.24, 2.45) is 0 Å². The van der Waals surface area contributed by atoms with Crippen LogP contribution in [0, 0.1) is 10.1 Å². The first kappa shape index (κ1) is 19.9. The van der Waals surface area contributed by atoms with Gasteiger partial charge in [0.15, 0.2) is 0 Å². The number of hydrogen-bond acceptors (Lipinski definition) is 6. The molecular weight excluding hydrogens is 350 g/mol. The van der Waals surface area contributed by atoms with Gasteiger partial charge in [-0.3, -0.25) is 14.9 Å². The Morgan fingerprint density at radius 2 is 1.78 bits per heavy atom. The summed E-state index contributed by atoms with van der Waals surface area (Å²) in [6.45, 7) is 4.58. The minimum Gasteiger partial charge on any atom is -0.444 e. The number of benzene rings is 2. The van der Waals surface area contributed by atoms with E-state index in [-0.39, 0.29) is 17.2 Å². The number of nitro benzene ring substituents is 1. The van der Waals surface area contributed by atoms with Gasteiger partial charge in [0.2, 0.25) is 6.10 Å². The van der Waals surface area contributed by atoms with E-state index in [4.69, 9.17) is 10.5 Å². The van der Waals surface area contributed by atoms with Crippen LogP contribution in [0.1, 0.15) is 35.9 Å². The third-order valence-corrected chi connectivity index (χ3v) is 4.09. The van der Waals surface area contributed by atoms with Crippen molar-refractivity contribution in [3.8, 4) is 0 Å². The molecule has 1 atom stereocenters. The molecule has 2 aromatic carbocycles. The molecule has 8 heteroatoms. The number of carbonyl (C=O) groups is 2. The molecule has 0 aliphatic heterocycles. The van der Waals surface area contributed by atoms with Gasteiger partial charge in [-0.05, 0) is 26.0 Å². The quantitative estimate of drug-likeness (QED) is 0.346. The standard InChI is InChI=1S/C19H21N3O5/c1-3-21(4-2)18(23)17(13-8-6-5-7-9-13)27-19(24)14-10-11-15(20)16(12-14)22(25)26/h5-12,17H,3-4,20H2,1-2H3/t17-/m0/s1. The second-order valence-electron chi connectivity index (χ2n) is 5.74. The third kappa shape index (κ3) is 4.60. The van der Waals surface area contributed by atoms with E-state index in [1.165, 1.54) is 12.1 Å². The molecular formula is C19H21N3O5. The van der Waals surface area contributed by atoms with E-state index in [9.17, 15) is 19.7 Å². The van der Waals surface area contributed by atoms with Crippen molar-refractivity contribution in [3.05, 3.63) is 69.8 Å².